The summed E-state index contributed by atoms with van der Waals surface area (Å²) >= 11 is 0. The van der Waals surface area contributed by atoms with Crippen molar-refractivity contribution >= 4 is 16.2 Å². The van der Waals surface area contributed by atoms with Gasteiger partial charge in [-0.3, -0.25) is 0 Å². The Morgan fingerprint density at radius 3 is 2.38 bits per heavy atom. The van der Waals surface area contributed by atoms with Gasteiger partial charge in [-0.05, 0) is 6.92 Å². The van der Waals surface area contributed by atoms with Crippen molar-refractivity contribution in [2.45, 2.75) is 11.9 Å². The van der Waals surface area contributed by atoms with Crippen molar-refractivity contribution in [3.8, 4) is 0 Å². The standard InChI is InChI=1S/C6H6FNO4S/c1-3-4(6(9)10)2-8-5(3)13(7,11)12/h2,8H,1H3,(H,9,10). The molecule has 2 N–H and O–H groups in total. The molecule has 72 valence electrons. The number of carboxylic acids is 1. The number of nitrogens with one attached hydrogen (secondary N) is 1. The maximum atomic E-state index is 12.4. The van der Waals surface area contributed by atoms with Crippen LogP contribution in [0.2, 0.25) is 0 Å². The quantitative estimate of drug-likeness (QED) is 0.698. The van der Waals surface area contributed by atoms with Gasteiger partial charge in [0, 0.05) is 11.8 Å². The second-order valence-corrected chi connectivity index (χ2v) is 3.68. The van der Waals surface area contributed by atoms with Crippen LogP contribution in [0.5, 0.6) is 0 Å². The molecule has 1 heterocycles. The zero-order valence-electron chi connectivity index (χ0n) is 6.54. The molecule has 0 atom stereocenters. The van der Waals surface area contributed by atoms with E-state index in [4.69, 9.17) is 5.11 Å². The van der Waals surface area contributed by atoms with Crippen LogP contribution in [0.25, 0.3) is 0 Å². The van der Waals surface area contributed by atoms with E-state index >= 15 is 0 Å². The molecule has 1 aromatic rings. The van der Waals surface area contributed by atoms with Gasteiger partial charge in [0.05, 0.1) is 5.56 Å². The second-order valence-electron chi connectivity index (χ2n) is 2.40. The molecule has 0 aliphatic heterocycles. The Balaban J connectivity index is 3.39. The Bertz CT molecular complexity index is 447. The highest BCUT2D eigenvalue weighted by atomic mass is 32.3. The first-order valence-corrected chi connectivity index (χ1v) is 4.58. The number of aromatic nitrogens is 1. The highest BCUT2D eigenvalue weighted by Gasteiger charge is 2.22. The van der Waals surface area contributed by atoms with Gasteiger partial charge >= 0.3 is 16.2 Å². The Morgan fingerprint density at radius 2 is 2.15 bits per heavy atom. The largest absolute Gasteiger partial charge is 0.478 e. The minimum Gasteiger partial charge on any atom is -0.478 e. The number of hydrogen-bond acceptors (Lipinski definition) is 3. The molecule has 0 unspecified atom stereocenters. The third-order valence-corrected chi connectivity index (χ3v) is 2.48. The van der Waals surface area contributed by atoms with Crippen LogP contribution in [-0.4, -0.2) is 24.5 Å². The van der Waals surface area contributed by atoms with Gasteiger partial charge in [0.25, 0.3) is 0 Å². The average Bonchev–Trinajstić information content (AvgIpc) is 2.28. The van der Waals surface area contributed by atoms with Crippen molar-refractivity contribution in [3.63, 3.8) is 0 Å². The topological polar surface area (TPSA) is 87.2 Å². The number of aromatic carboxylic acids is 1. The van der Waals surface area contributed by atoms with Crippen LogP contribution >= 0.6 is 0 Å². The van der Waals surface area contributed by atoms with Crippen molar-refractivity contribution in [1.29, 1.82) is 0 Å². The second kappa shape index (κ2) is 2.84. The van der Waals surface area contributed by atoms with E-state index in [0.29, 0.717) is 0 Å². The van der Waals surface area contributed by atoms with Crippen LogP contribution in [0.3, 0.4) is 0 Å². The molecule has 0 aliphatic carbocycles. The van der Waals surface area contributed by atoms with Gasteiger partial charge in [-0.25, -0.2) is 4.79 Å². The summed E-state index contributed by atoms with van der Waals surface area (Å²) in [6.07, 6.45) is 0.935. The molecule has 1 rings (SSSR count). The van der Waals surface area contributed by atoms with Crippen molar-refractivity contribution in [2.75, 3.05) is 0 Å². The molecule has 0 saturated carbocycles. The smallest absolute Gasteiger partial charge is 0.347 e. The Hall–Kier alpha value is -1.37. The monoisotopic (exact) mass is 207 g/mol. The molecule has 0 amide bonds. The summed E-state index contributed by atoms with van der Waals surface area (Å²) in [5, 5.41) is 7.80. The molecule has 0 bridgehead atoms. The van der Waals surface area contributed by atoms with E-state index in [1.54, 1.807) is 0 Å². The van der Waals surface area contributed by atoms with Gasteiger partial charge in [0.1, 0.15) is 0 Å². The fraction of sp³-hybridized carbons (Fsp3) is 0.167. The normalized spacial score (nSPS) is 11.5. The molecule has 0 spiro atoms. The summed E-state index contributed by atoms with van der Waals surface area (Å²) in [7, 11) is -4.87. The van der Waals surface area contributed by atoms with Crippen LogP contribution in [0.4, 0.5) is 3.89 Å². The van der Waals surface area contributed by atoms with Crippen molar-refractivity contribution in [2.24, 2.45) is 0 Å². The molecule has 7 heteroatoms. The van der Waals surface area contributed by atoms with E-state index in [0.717, 1.165) is 6.20 Å². The summed E-state index contributed by atoms with van der Waals surface area (Å²) in [5.41, 5.74) is -0.383. The van der Waals surface area contributed by atoms with Crippen molar-refractivity contribution < 1.29 is 22.2 Å². The number of carbonyl (C=O) groups is 1. The minimum absolute atomic E-state index is 0.130. The van der Waals surface area contributed by atoms with Gasteiger partial charge in [-0.2, -0.15) is 8.42 Å². The van der Waals surface area contributed by atoms with Gasteiger partial charge in [-0.15, -0.1) is 0 Å². The summed E-state index contributed by atoms with van der Waals surface area (Å²) in [6, 6.07) is 0. The van der Waals surface area contributed by atoms with E-state index in [1.165, 1.54) is 6.92 Å². The third-order valence-electron chi connectivity index (χ3n) is 1.57. The first-order chi connectivity index (χ1) is 5.84. The molecular weight excluding hydrogens is 201 g/mol. The Labute approximate surface area is 73.4 Å². The molecule has 0 radical (unpaired) electrons. The lowest BCUT2D eigenvalue weighted by atomic mass is 10.2. The number of H-pyrrole nitrogens is 1. The fourth-order valence-electron chi connectivity index (χ4n) is 0.952. The first-order valence-electron chi connectivity index (χ1n) is 3.20. The van der Waals surface area contributed by atoms with Gasteiger partial charge < -0.3 is 10.1 Å². The number of halogens is 1. The highest BCUT2D eigenvalue weighted by Crippen LogP contribution is 2.19. The van der Waals surface area contributed by atoms with Crippen LogP contribution in [0, 0.1) is 6.92 Å². The third kappa shape index (κ3) is 1.69. The zero-order valence-corrected chi connectivity index (χ0v) is 7.35. The predicted octanol–water partition coefficient (Wildman–Crippen LogP) is 0.680. The summed E-state index contributed by atoms with van der Waals surface area (Å²) in [5.74, 6) is -1.30. The molecule has 1 aromatic heterocycles. The predicted molar refractivity (Wildman–Crippen MR) is 40.8 cm³/mol. The molecule has 0 aliphatic rings. The number of rotatable bonds is 2. The lowest BCUT2D eigenvalue weighted by molar-refractivity contribution is 0.0696. The van der Waals surface area contributed by atoms with Crippen molar-refractivity contribution in [3.05, 3.63) is 17.3 Å². The molecule has 0 fully saturated rings. The number of hydrogen-bond donors (Lipinski definition) is 2. The molecule has 13 heavy (non-hydrogen) atoms. The van der Waals surface area contributed by atoms with E-state index in [-0.39, 0.29) is 11.1 Å². The van der Waals surface area contributed by atoms with Gasteiger partial charge in [0.15, 0.2) is 5.03 Å². The Morgan fingerprint density at radius 1 is 1.62 bits per heavy atom. The maximum Gasteiger partial charge on any atom is 0.347 e. The van der Waals surface area contributed by atoms with Crippen LogP contribution in [0.15, 0.2) is 11.2 Å². The first kappa shape index (κ1) is 9.72. The Kier molecular flexibility index (Phi) is 2.12. The lowest BCUT2D eigenvalue weighted by Crippen LogP contribution is -1.99. The highest BCUT2D eigenvalue weighted by molar-refractivity contribution is 7.86. The van der Waals surface area contributed by atoms with Gasteiger partial charge in [-0.1, -0.05) is 3.89 Å². The summed E-state index contributed by atoms with van der Waals surface area (Å²) < 4.78 is 33.2. The fourth-order valence-corrected chi connectivity index (χ4v) is 1.63. The van der Waals surface area contributed by atoms with Crippen LogP contribution < -0.4 is 0 Å². The lowest BCUT2D eigenvalue weighted by Gasteiger charge is -1.92. The van der Waals surface area contributed by atoms with Crippen molar-refractivity contribution in [1.82, 2.24) is 4.98 Å². The molecule has 5 nitrogen and oxygen atoms in total. The van der Waals surface area contributed by atoms with E-state index in [2.05, 4.69) is 4.98 Å². The minimum atomic E-state index is -4.87. The maximum absolute atomic E-state index is 12.4. The molecule has 0 saturated heterocycles. The number of carboxylic acid groups (broad SMARTS) is 1. The van der Waals surface area contributed by atoms with E-state index in [1.807, 2.05) is 0 Å². The molecule has 0 aromatic carbocycles. The van der Waals surface area contributed by atoms with E-state index < -0.39 is 21.2 Å². The number of aromatic amines is 1. The summed E-state index contributed by atoms with van der Waals surface area (Å²) in [6.45, 7) is 1.21. The van der Waals surface area contributed by atoms with Crippen LogP contribution in [0.1, 0.15) is 15.9 Å². The summed E-state index contributed by atoms with van der Waals surface area (Å²) in [4.78, 5) is 12.5. The van der Waals surface area contributed by atoms with E-state index in [9.17, 15) is 17.1 Å². The van der Waals surface area contributed by atoms with Gasteiger partial charge in [0.2, 0.25) is 0 Å². The van der Waals surface area contributed by atoms with Crippen LogP contribution in [-0.2, 0) is 10.2 Å². The molecular formula is C6H6FNO4S. The zero-order chi connectivity index (χ0) is 10.2. The average molecular weight is 207 g/mol. The SMILES string of the molecule is Cc1c(C(=O)O)c[nH]c1S(=O)(=O)F.